The third-order valence-electron chi connectivity index (χ3n) is 2.41. The molecule has 1 N–H and O–H groups in total. The first-order valence-electron chi connectivity index (χ1n) is 5.36. The first kappa shape index (κ1) is 13.7. The molecule has 0 aliphatic rings. The molecule has 7 heteroatoms. The summed E-state index contributed by atoms with van der Waals surface area (Å²) in [4.78, 5) is 0. The van der Waals surface area contributed by atoms with Crippen molar-refractivity contribution in [1.29, 1.82) is 0 Å². The number of nitrogens with one attached hydrogen (secondary N) is 1. The second-order valence-electron chi connectivity index (χ2n) is 3.58. The molecule has 102 valence electrons. The smallest absolute Gasteiger partial charge is 0.271 e. The van der Waals surface area contributed by atoms with E-state index in [0.717, 1.165) is 11.3 Å². The largest absolute Gasteiger partial charge is 0.493 e. The first-order valence-corrected chi connectivity index (χ1v) is 7.72. The van der Waals surface area contributed by atoms with Gasteiger partial charge in [-0.3, -0.25) is 4.72 Å². The Kier molecular flexibility index (Phi) is 3.96. The van der Waals surface area contributed by atoms with Gasteiger partial charge in [-0.15, -0.1) is 11.3 Å². The highest BCUT2D eigenvalue weighted by atomic mass is 32.2. The maximum atomic E-state index is 12.1. The zero-order chi connectivity index (χ0) is 13.9. The van der Waals surface area contributed by atoms with Crippen molar-refractivity contribution in [3.8, 4) is 11.5 Å². The average Bonchev–Trinajstić information content (AvgIpc) is 2.92. The van der Waals surface area contributed by atoms with Crippen molar-refractivity contribution in [2.45, 2.75) is 4.21 Å². The highest BCUT2D eigenvalue weighted by Gasteiger charge is 2.19. The third kappa shape index (κ3) is 2.82. The number of thiophene rings is 1. The van der Waals surface area contributed by atoms with Crippen LogP contribution in [0.15, 0.2) is 39.9 Å². The van der Waals surface area contributed by atoms with E-state index in [1.807, 2.05) is 0 Å². The van der Waals surface area contributed by atoms with Crippen LogP contribution in [0.3, 0.4) is 0 Å². The Morgan fingerprint density at radius 1 is 1.11 bits per heavy atom. The second-order valence-corrected chi connectivity index (χ2v) is 6.44. The van der Waals surface area contributed by atoms with Crippen LogP contribution in [0.5, 0.6) is 11.5 Å². The Morgan fingerprint density at radius 2 is 1.89 bits per heavy atom. The lowest BCUT2D eigenvalue weighted by atomic mass is 10.3. The zero-order valence-corrected chi connectivity index (χ0v) is 12.0. The minimum Gasteiger partial charge on any atom is -0.493 e. The van der Waals surface area contributed by atoms with Gasteiger partial charge in [0.05, 0.1) is 19.9 Å². The predicted molar refractivity (Wildman–Crippen MR) is 74.7 cm³/mol. The lowest BCUT2D eigenvalue weighted by Crippen LogP contribution is -2.12. The highest BCUT2D eigenvalue weighted by Crippen LogP contribution is 2.36. The predicted octanol–water partition coefficient (Wildman–Crippen LogP) is 2.57. The molecular formula is C12H13NO4S2. The van der Waals surface area contributed by atoms with Gasteiger partial charge in [0.1, 0.15) is 4.21 Å². The van der Waals surface area contributed by atoms with Crippen LogP contribution < -0.4 is 14.2 Å². The Morgan fingerprint density at radius 3 is 2.47 bits per heavy atom. The summed E-state index contributed by atoms with van der Waals surface area (Å²) in [5.74, 6) is 0.819. The maximum Gasteiger partial charge on any atom is 0.271 e. The summed E-state index contributed by atoms with van der Waals surface area (Å²) in [7, 11) is -0.640. The first-order chi connectivity index (χ1) is 9.08. The van der Waals surface area contributed by atoms with Gasteiger partial charge in [0, 0.05) is 0 Å². The Balaban J connectivity index is 2.39. The molecular weight excluding hydrogens is 286 g/mol. The molecule has 1 heterocycles. The molecule has 0 radical (unpaired) electrons. The van der Waals surface area contributed by atoms with Crippen LogP contribution in [0.1, 0.15) is 0 Å². The van der Waals surface area contributed by atoms with Crippen molar-refractivity contribution < 1.29 is 17.9 Å². The van der Waals surface area contributed by atoms with Crippen LogP contribution in [0.2, 0.25) is 0 Å². The number of anilines is 1. The van der Waals surface area contributed by atoms with Crippen LogP contribution in [0.25, 0.3) is 0 Å². The van der Waals surface area contributed by atoms with Gasteiger partial charge in [-0.25, -0.2) is 8.42 Å². The molecule has 1 aromatic carbocycles. The molecule has 1 aromatic heterocycles. The summed E-state index contributed by atoms with van der Waals surface area (Å²) < 4.78 is 37.3. The van der Waals surface area contributed by atoms with E-state index in [0.29, 0.717) is 17.2 Å². The van der Waals surface area contributed by atoms with Crippen LogP contribution in [0, 0.1) is 0 Å². The monoisotopic (exact) mass is 299 g/mol. The minimum atomic E-state index is -3.59. The van der Waals surface area contributed by atoms with Gasteiger partial charge in [0.25, 0.3) is 10.0 Å². The lowest BCUT2D eigenvalue weighted by molar-refractivity contribution is 0.356. The molecule has 0 fully saturated rings. The van der Waals surface area contributed by atoms with Gasteiger partial charge in [0.15, 0.2) is 11.5 Å². The average molecular weight is 299 g/mol. The maximum absolute atomic E-state index is 12.1. The van der Waals surface area contributed by atoms with E-state index < -0.39 is 10.0 Å². The van der Waals surface area contributed by atoms with Gasteiger partial charge >= 0.3 is 0 Å². The van der Waals surface area contributed by atoms with Gasteiger partial charge in [0.2, 0.25) is 0 Å². The van der Waals surface area contributed by atoms with Crippen molar-refractivity contribution in [3.63, 3.8) is 0 Å². The van der Waals surface area contributed by atoms with Crippen LogP contribution in [0.4, 0.5) is 5.69 Å². The Labute approximate surface area is 115 Å². The van der Waals surface area contributed by atoms with E-state index in [1.54, 1.807) is 35.7 Å². The molecule has 0 bridgehead atoms. The second kappa shape index (κ2) is 5.50. The number of benzene rings is 1. The number of hydrogen-bond donors (Lipinski definition) is 1. The van der Waals surface area contributed by atoms with E-state index >= 15 is 0 Å². The van der Waals surface area contributed by atoms with E-state index in [-0.39, 0.29) is 4.21 Å². The van der Waals surface area contributed by atoms with Gasteiger partial charge in [-0.2, -0.15) is 0 Å². The minimum absolute atomic E-state index is 0.248. The lowest BCUT2D eigenvalue weighted by Gasteiger charge is -2.13. The molecule has 0 spiro atoms. The number of methoxy groups -OCH3 is 2. The topological polar surface area (TPSA) is 64.6 Å². The van der Waals surface area contributed by atoms with E-state index in [1.165, 1.54) is 14.2 Å². The summed E-state index contributed by atoms with van der Waals surface area (Å²) in [6, 6.07) is 8.23. The van der Waals surface area contributed by atoms with Crippen LogP contribution in [-0.2, 0) is 10.0 Å². The molecule has 0 amide bonds. The highest BCUT2D eigenvalue weighted by molar-refractivity contribution is 7.94. The van der Waals surface area contributed by atoms with E-state index in [4.69, 9.17) is 9.47 Å². The van der Waals surface area contributed by atoms with E-state index in [9.17, 15) is 8.42 Å². The number of hydrogen-bond acceptors (Lipinski definition) is 5. The number of rotatable bonds is 5. The summed E-state index contributed by atoms with van der Waals surface area (Å²) >= 11 is 1.15. The Bertz CT molecular complexity index is 650. The summed E-state index contributed by atoms with van der Waals surface area (Å²) in [6.07, 6.45) is 0. The molecule has 19 heavy (non-hydrogen) atoms. The molecule has 0 saturated carbocycles. The summed E-state index contributed by atoms with van der Waals surface area (Å²) in [6.45, 7) is 0. The van der Waals surface area contributed by atoms with Crippen molar-refractivity contribution in [2.75, 3.05) is 18.9 Å². The SMILES string of the molecule is COc1cccc(NS(=O)(=O)c2cccs2)c1OC. The molecule has 2 aromatic rings. The van der Waals surface area contributed by atoms with Crippen molar-refractivity contribution in [3.05, 3.63) is 35.7 Å². The molecule has 5 nitrogen and oxygen atoms in total. The quantitative estimate of drug-likeness (QED) is 0.921. The summed E-state index contributed by atoms with van der Waals surface area (Å²) in [5.41, 5.74) is 0.343. The number of ether oxygens (including phenoxy) is 2. The van der Waals surface area contributed by atoms with Crippen molar-refractivity contribution in [2.24, 2.45) is 0 Å². The van der Waals surface area contributed by atoms with Crippen molar-refractivity contribution in [1.82, 2.24) is 0 Å². The molecule has 0 unspecified atom stereocenters. The molecule has 0 aliphatic carbocycles. The standard InChI is InChI=1S/C12H13NO4S2/c1-16-10-6-3-5-9(12(10)17-2)13-19(14,15)11-7-4-8-18-11/h3-8,13H,1-2H3. The fraction of sp³-hybridized carbons (Fsp3) is 0.167. The molecule has 0 aliphatic heterocycles. The molecule has 0 atom stereocenters. The van der Waals surface area contributed by atoms with Gasteiger partial charge < -0.3 is 9.47 Å². The molecule has 2 rings (SSSR count). The van der Waals surface area contributed by atoms with Crippen LogP contribution in [-0.4, -0.2) is 22.6 Å². The van der Waals surface area contributed by atoms with Crippen LogP contribution >= 0.6 is 11.3 Å². The van der Waals surface area contributed by atoms with Crippen molar-refractivity contribution >= 4 is 27.0 Å². The van der Waals surface area contributed by atoms with Gasteiger partial charge in [-0.1, -0.05) is 12.1 Å². The fourth-order valence-corrected chi connectivity index (χ4v) is 3.63. The normalized spacial score (nSPS) is 11.1. The Hall–Kier alpha value is -1.73. The fourth-order valence-electron chi connectivity index (χ4n) is 1.58. The number of sulfonamides is 1. The third-order valence-corrected chi connectivity index (χ3v) is 5.17. The van der Waals surface area contributed by atoms with Gasteiger partial charge in [-0.05, 0) is 23.6 Å². The molecule has 0 saturated heterocycles. The van der Waals surface area contributed by atoms with E-state index in [2.05, 4.69) is 4.72 Å². The summed E-state index contributed by atoms with van der Waals surface area (Å²) in [5, 5.41) is 1.71. The number of para-hydroxylation sites is 1. The zero-order valence-electron chi connectivity index (χ0n) is 10.4.